The molecule has 0 saturated carbocycles. The number of benzene rings is 1. The summed E-state index contributed by atoms with van der Waals surface area (Å²) in [5.41, 5.74) is -0.243. The lowest BCUT2D eigenvalue weighted by atomic mass is 10.2. The molecule has 2 rings (SSSR count). The summed E-state index contributed by atoms with van der Waals surface area (Å²) >= 11 is 1.65. The molecule has 0 saturated heterocycles. The van der Waals surface area contributed by atoms with E-state index in [0.717, 1.165) is 23.6 Å². The predicted molar refractivity (Wildman–Crippen MR) is 74.7 cm³/mol. The monoisotopic (exact) mass is 301 g/mol. The van der Waals surface area contributed by atoms with Gasteiger partial charge >= 0.3 is 6.18 Å². The van der Waals surface area contributed by atoms with Crippen LogP contribution in [0, 0.1) is 0 Å². The van der Waals surface area contributed by atoms with E-state index >= 15 is 0 Å². The van der Waals surface area contributed by atoms with Crippen molar-refractivity contribution in [2.24, 2.45) is 0 Å². The van der Waals surface area contributed by atoms with Crippen molar-refractivity contribution in [3.8, 4) is 0 Å². The van der Waals surface area contributed by atoms with Crippen molar-refractivity contribution in [2.45, 2.75) is 18.5 Å². The number of hydrogen-bond donors (Lipinski definition) is 1. The minimum absolute atomic E-state index is 0.357. The minimum Gasteiger partial charge on any atom is -0.463 e. The summed E-state index contributed by atoms with van der Waals surface area (Å²) in [6, 6.07) is 8.82. The third-order valence-corrected chi connectivity index (χ3v) is 3.23. The van der Waals surface area contributed by atoms with E-state index in [-0.39, 0.29) is 0 Å². The molecular formula is C14H14F3NOS. The van der Waals surface area contributed by atoms with Gasteiger partial charge in [-0.1, -0.05) is 6.07 Å². The highest BCUT2D eigenvalue weighted by Crippen LogP contribution is 2.30. The van der Waals surface area contributed by atoms with Crippen LogP contribution in [-0.2, 0) is 18.5 Å². The Morgan fingerprint density at radius 2 is 1.90 bits per heavy atom. The first kappa shape index (κ1) is 14.8. The van der Waals surface area contributed by atoms with Crippen molar-refractivity contribution in [3.05, 3.63) is 53.5 Å². The van der Waals surface area contributed by atoms with Gasteiger partial charge in [0.1, 0.15) is 11.5 Å². The summed E-state index contributed by atoms with van der Waals surface area (Å²) in [6.07, 6.45) is -2.35. The summed E-state index contributed by atoms with van der Waals surface area (Å²) in [6.45, 7) is 0.357. The van der Waals surface area contributed by atoms with Crippen LogP contribution in [-0.4, -0.2) is 6.26 Å². The zero-order valence-electron chi connectivity index (χ0n) is 10.8. The number of halogens is 3. The summed E-state index contributed by atoms with van der Waals surface area (Å²) in [5, 5.41) is 2.93. The molecule has 1 aromatic carbocycles. The first-order valence-corrected chi connectivity index (χ1v) is 7.36. The largest absolute Gasteiger partial charge is 0.463 e. The number of furan rings is 1. The molecule has 0 aliphatic carbocycles. The van der Waals surface area contributed by atoms with Gasteiger partial charge in [0.15, 0.2) is 0 Å². The molecule has 0 aliphatic rings. The lowest BCUT2D eigenvalue weighted by molar-refractivity contribution is -0.137. The molecule has 1 heterocycles. The standard InChI is InChI=1S/C14H14F3NOS/c1-20-9-13-6-5-12(19-13)8-18-11-4-2-3-10(7-11)14(15,16)17/h2-7,18H,8-9H2,1H3. The maximum Gasteiger partial charge on any atom is 0.416 e. The third-order valence-electron chi connectivity index (χ3n) is 2.66. The van der Waals surface area contributed by atoms with Crippen LogP contribution in [0.25, 0.3) is 0 Å². The van der Waals surface area contributed by atoms with Gasteiger partial charge in [-0.3, -0.25) is 0 Å². The second kappa shape index (κ2) is 6.26. The van der Waals surface area contributed by atoms with Gasteiger partial charge in [0.05, 0.1) is 17.9 Å². The van der Waals surface area contributed by atoms with E-state index in [1.54, 1.807) is 17.8 Å². The topological polar surface area (TPSA) is 25.2 Å². The van der Waals surface area contributed by atoms with Crippen LogP contribution in [0.2, 0.25) is 0 Å². The van der Waals surface area contributed by atoms with E-state index < -0.39 is 11.7 Å². The van der Waals surface area contributed by atoms with E-state index in [9.17, 15) is 13.2 Å². The van der Waals surface area contributed by atoms with Crippen LogP contribution in [0.5, 0.6) is 0 Å². The molecule has 0 spiro atoms. The number of nitrogens with one attached hydrogen (secondary N) is 1. The number of anilines is 1. The van der Waals surface area contributed by atoms with E-state index in [2.05, 4.69) is 5.32 Å². The molecule has 20 heavy (non-hydrogen) atoms. The molecule has 0 aliphatic heterocycles. The van der Waals surface area contributed by atoms with Gasteiger partial charge in [-0.05, 0) is 36.6 Å². The number of alkyl halides is 3. The Bertz CT molecular complexity index is 566. The van der Waals surface area contributed by atoms with E-state index in [1.165, 1.54) is 6.07 Å². The first-order chi connectivity index (χ1) is 9.49. The fraction of sp³-hybridized carbons (Fsp3) is 0.286. The molecule has 0 bridgehead atoms. The molecule has 0 atom stereocenters. The molecule has 1 aromatic heterocycles. The second-order valence-electron chi connectivity index (χ2n) is 4.23. The van der Waals surface area contributed by atoms with E-state index in [4.69, 9.17) is 4.42 Å². The van der Waals surface area contributed by atoms with Gasteiger partial charge in [0.2, 0.25) is 0 Å². The van der Waals surface area contributed by atoms with Crippen LogP contribution >= 0.6 is 11.8 Å². The highest BCUT2D eigenvalue weighted by molar-refractivity contribution is 7.97. The lowest BCUT2D eigenvalue weighted by Gasteiger charge is -2.09. The maximum atomic E-state index is 12.6. The Morgan fingerprint density at radius 3 is 2.60 bits per heavy atom. The van der Waals surface area contributed by atoms with Gasteiger partial charge in [0, 0.05) is 5.69 Å². The molecule has 0 unspecified atom stereocenters. The highest BCUT2D eigenvalue weighted by Gasteiger charge is 2.30. The predicted octanol–water partition coefficient (Wildman–Crippen LogP) is 4.77. The Kier molecular flexibility index (Phi) is 4.65. The summed E-state index contributed by atoms with van der Waals surface area (Å²) in [4.78, 5) is 0. The van der Waals surface area contributed by atoms with Crippen molar-refractivity contribution in [3.63, 3.8) is 0 Å². The average molecular weight is 301 g/mol. The SMILES string of the molecule is CSCc1ccc(CNc2cccc(C(F)(F)F)c2)o1. The fourth-order valence-electron chi connectivity index (χ4n) is 1.73. The van der Waals surface area contributed by atoms with Crippen LogP contribution in [0.15, 0.2) is 40.8 Å². The van der Waals surface area contributed by atoms with Crippen LogP contribution in [0.1, 0.15) is 17.1 Å². The van der Waals surface area contributed by atoms with Crippen molar-refractivity contribution in [1.29, 1.82) is 0 Å². The number of thioether (sulfide) groups is 1. The average Bonchev–Trinajstić information content (AvgIpc) is 2.84. The first-order valence-electron chi connectivity index (χ1n) is 5.96. The van der Waals surface area contributed by atoms with E-state index in [0.29, 0.717) is 18.0 Å². The van der Waals surface area contributed by atoms with Crippen molar-refractivity contribution >= 4 is 17.4 Å². The zero-order chi connectivity index (χ0) is 14.6. The van der Waals surface area contributed by atoms with Crippen LogP contribution < -0.4 is 5.32 Å². The van der Waals surface area contributed by atoms with Gasteiger partial charge in [-0.2, -0.15) is 24.9 Å². The molecule has 6 heteroatoms. The highest BCUT2D eigenvalue weighted by atomic mass is 32.2. The van der Waals surface area contributed by atoms with Gasteiger partial charge in [-0.15, -0.1) is 0 Å². The van der Waals surface area contributed by atoms with Gasteiger partial charge < -0.3 is 9.73 Å². The van der Waals surface area contributed by atoms with Gasteiger partial charge in [0.25, 0.3) is 0 Å². The van der Waals surface area contributed by atoms with Gasteiger partial charge in [-0.25, -0.2) is 0 Å². The van der Waals surface area contributed by atoms with Crippen molar-refractivity contribution in [2.75, 3.05) is 11.6 Å². The Balaban J connectivity index is 1.99. The molecule has 0 radical (unpaired) electrons. The normalized spacial score (nSPS) is 11.6. The molecular weight excluding hydrogens is 287 g/mol. The van der Waals surface area contributed by atoms with Crippen LogP contribution in [0.4, 0.5) is 18.9 Å². The zero-order valence-corrected chi connectivity index (χ0v) is 11.6. The summed E-state index contributed by atoms with van der Waals surface area (Å²) in [5.74, 6) is 2.34. The van der Waals surface area contributed by atoms with Crippen LogP contribution in [0.3, 0.4) is 0 Å². The molecule has 2 nitrogen and oxygen atoms in total. The Hall–Kier alpha value is -1.56. The number of rotatable bonds is 5. The molecule has 2 aromatic rings. The lowest BCUT2D eigenvalue weighted by Crippen LogP contribution is -2.06. The molecule has 0 amide bonds. The molecule has 0 fully saturated rings. The van der Waals surface area contributed by atoms with Crippen molar-refractivity contribution < 1.29 is 17.6 Å². The summed E-state index contributed by atoms with van der Waals surface area (Å²) < 4.78 is 43.2. The Morgan fingerprint density at radius 1 is 1.15 bits per heavy atom. The van der Waals surface area contributed by atoms with E-state index in [1.807, 2.05) is 18.4 Å². The fourth-order valence-corrected chi connectivity index (χ4v) is 2.17. The smallest absolute Gasteiger partial charge is 0.416 e. The third kappa shape index (κ3) is 3.96. The molecule has 1 N–H and O–H groups in total. The number of hydrogen-bond acceptors (Lipinski definition) is 3. The minimum atomic E-state index is -4.33. The van der Waals surface area contributed by atoms with Crippen molar-refractivity contribution in [1.82, 2.24) is 0 Å². The quantitative estimate of drug-likeness (QED) is 0.861. The Labute approximate surface area is 119 Å². The maximum absolute atomic E-state index is 12.6. The summed E-state index contributed by atoms with van der Waals surface area (Å²) in [7, 11) is 0. The molecule has 108 valence electrons. The second-order valence-corrected chi connectivity index (χ2v) is 5.10.